The topological polar surface area (TPSA) is 34.1 Å². The lowest BCUT2D eigenvalue weighted by Gasteiger charge is -2.14. The fraction of sp³-hybridized carbons (Fsp3) is 0.583. The van der Waals surface area contributed by atoms with Gasteiger partial charge in [-0.15, -0.1) is 11.6 Å². The molecule has 0 amide bonds. The molecule has 0 aliphatic heterocycles. The van der Waals surface area contributed by atoms with E-state index in [9.17, 15) is 0 Å². The summed E-state index contributed by atoms with van der Waals surface area (Å²) in [7, 11) is 0. The van der Waals surface area contributed by atoms with E-state index in [2.05, 4.69) is 24.1 Å². The van der Waals surface area contributed by atoms with Crippen molar-refractivity contribution in [3.63, 3.8) is 0 Å². The molecule has 3 nitrogen and oxygen atoms in total. The molecule has 1 aromatic heterocycles. The van der Waals surface area contributed by atoms with Crippen LogP contribution in [0, 0.1) is 5.92 Å². The SMILES string of the molecule is CCOc1cccc(NCC(Cl)C(C)C)n1. The molecule has 0 spiro atoms. The molecule has 0 aromatic carbocycles. The van der Waals surface area contributed by atoms with E-state index in [1.807, 2.05) is 25.1 Å². The lowest BCUT2D eigenvalue weighted by molar-refractivity contribution is 0.327. The highest BCUT2D eigenvalue weighted by molar-refractivity contribution is 6.21. The van der Waals surface area contributed by atoms with Gasteiger partial charge in [0.15, 0.2) is 0 Å². The van der Waals surface area contributed by atoms with Crippen molar-refractivity contribution in [3.8, 4) is 5.88 Å². The van der Waals surface area contributed by atoms with E-state index >= 15 is 0 Å². The largest absolute Gasteiger partial charge is 0.478 e. The lowest BCUT2D eigenvalue weighted by Crippen LogP contribution is -2.20. The monoisotopic (exact) mass is 242 g/mol. The Balaban J connectivity index is 2.50. The molecule has 1 unspecified atom stereocenters. The molecule has 0 aliphatic carbocycles. The molecule has 1 rings (SSSR count). The summed E-state index contributed by atoms with van der Waals surface area (Å²) in [6, 6.07) is 5.67. The van der Waals surface area contributed by atoms with Crippen molar-refractivity contribution in [2.24, 2.45) is 5.92 Å². The first kappa shape index (κ1) is 13.1. The molecule has 90 valence electrons. The van der Waals surface area contributed by atoms with Crippen LogP contribution in [-0.2, 0) is 0 Å². The fourth-order valence-electron chi connectivity index (χ4n) is 1.18. The minimum absolute atomic E-state index is 0.109. The summed E-state index contributed by atoms with van der Waals surface area (Å²) < 4.78 is 5.32. The Hall–Kier alpha value is -0.960. The Morgan fingerprint density at radius 1 is 1.44 bits per heavy atom. The summed E-state index contributed by atoms with van der Waals surface area (Å²) in [6.45, 7) is 7.48. The number of aromatic nitrogens is 1. The molecular formula is C12H19ClN2O. The third-order valence-corrected chi connectivity index (χ3v) is 2.88. The Bertz CT molecular complexity index is 318. The summed E-state index contributed by atoms with van der Waals surface area (Å²) in [4.78, 5) is 4.30. The Kier molecular flexibility index (Phi) is 5.39. The standard InChI is InChI=1S/C12H19ClN2O/c1-4-16-12-7-5-6-11(15-12)14-8-10(13)9(2)3/h5-7,9-10H,4,8H2,1-3H3,(H,14,15). The molecule has 0 aliphatic rings. The van der Waals surface area contributed by atoms with Gasteiger partial charge in [0.05, 0.1) is 12.0 Å². The molecule has 0 radical (unpaired) electrons. The normalized spacial score (nSPS) is 12.6. The number of halogens is 1. The third kappa shape index (κ3) is 4.27. The first-order chi connectivity index (χ1) is 7.63. The maximum Gasteiger partial charge on any atom is 0.215 e. The smallest absolute Gasteiger partial charge is 0.215 e. The van der Waals surface area contributed by atoms with Crippen molar-refractivity contribution < 1.29 is 4.74 Å². The number of ether oxygens (including phenoxy) is 1. The van der Waals surface area contributed by atoms with Crippen LogP contribution < -0.4 is 10.1 Å². The van der Waals surface area contributed by atoms with Gasteiger partial charge in [-0.1, -0.05) is 19.9 Å². The lowest BCUT2D eigenvalue weighted by atomic mass is 10.1. The van der Waals surface area contributed by atoms with Crippen molar-refractivity contribution in [2.75, 3.05) is 18.5 Å². The van der Waals surface area contributed by atoms with Gasteiger partial charge in [-0.3, -0.25) is 0 Å². The van der Waals surface area contributed by atoms with Crippen LogP contribution in [0.4, 0.5) is 5.82 Å². The maximum atomic E-state index is 6.15. The predicted molar refractivity (Wildman–Crippen MR) is 68.4 cm³/mol. The second-order valence-corrected chi connectivity index (χ2v) is 4.50. The number of anilines is 1. The summed E-state index contributed by atoms with van der Waals surface area (Å²) in [5, 5.41) is 3.31. The molecule has 0 fully saturated rings. The maximum absolute atomic E-state index is 6.15. The highest BCUT2D eigenvalue weighted by Crippen LogP contribution is 2.14. The van der Waals surface area contributed by atoms with Crippen molar-refractivity contribution >= 4 is 17.4 Å². The molecule has 1 aromatic rings. The van der Waals surface area contributed by atoms with E-state index < -0.39 is 0 Å². The molecule has 0 saturated carbocycles. The van der Waals surface area contributed by atoms with Crippen LogP contribution in [0.2, 0.25) is 0 Å². The highest BCUT2D eigenvalue weighted by Gasteiger charge is 2.09. The molecule has 1 heterocycles. The summed E-state index contributed by atoms with van der Waals surface area (Å²) in [5.74, 6) is 1.89. The average Bonchev–Trinajstić information content (AvgIpc) is 2.26. The van der Waals surface area contributed by atoms with Crippen molar-refractivity contribution in [1.29, 1.82) is 0 Å². The van der Waals surface area contributed by atoms with E-state index in [0.29, 0.717) is 24.9 Å². The zero-order valence-corrected chi connectivity index (χ0v) is 10.8. The first-order valence-electron chi connectivity index (χ1n) is 5.61. The minimum Gasteiger partial charge on any atom is -0.478 e. The minimum atomic E-state index is 0.109. The van der Waals surface area contributed by atoms with E-state index in [1.165, 1.54) is 0 Å². The van der Waals surface area contributed by atoms with Crippen LogP contribution in [0.1, 0.15) is 20.8 Å². The second kappa shape index (κ2) is 6.59. The number of rotatable bonds is 6. The van der Waals surface area contributed by atoms with Crippen LogP contribution in [0.15, 0.2) is 18.2 Å². The number of pyridine rings is 1. The molecule has 0 bridgehead atoms. The molecule has 1 atom stereocenters. The second-order valence-electron chi connectivity index (χ2n) is 3.93. The molecule has 16 heavy (non-hydrogen) atoms. The quantitative estimate of drug-likeness (QED) is 0.779. The van der Waals surface area contributed by atoms with Crippen molar-refractivity contribution in [1.82, 2.24) is 4.98 Å². The van der Waals surface area contributed by atoms with Gasteiger partial charge in [-0.25, -0.2) is 0 Å². The number of alkyl halides is 1. The molecule has 0 saturated heterocycles. The Morgan fingerprint density at radius 3 is 2.81 bits per heavy atom. The van der Waals surface area contributed by atoms with Crippen molar-refractivity contribution in [3.05, 3.63) is 18.2 Å². The van der Waals surface area contributed by atoms with E-state index in [4.69, 9.17) is 16.3 Å². The van der Waals surface area contributed by atoms with Gasteiger partial charge in [-0.2, -0.15) is 4.98 Å². The van der Waals surface area contributed by atoms with Gasteiger partial charge >= 0.3 is 0 Å². The van der Waals surface area contributed by atoms with Crippen LogP contribution in [0.5, 0.6) is 5.88 Å². The first-order valence-corrected chi connectivity index (χ1v) is 6.05. The molecule has 1 N–H and O–H groups in total. The molecular weight excluding hydrogens is 224 g/mol. The van der Waals surface area contributed by atoms with Crippen molar-refractivity contribution in [2.45, 2.75) is 26.1 Å². The number of nitrogens with one attached hydrogen (secondary N) is 1. The number of nitrogens with zero attached hydrogens (tertiary/aromatic N) is 1. The van der Waals surface area contributed by atoms with E-state index in [1.54, 1.807) is 0 Å². The summed E-state index contributed by atoms with van der Waals surface area (Å²) >= 11 is 6.15. The average molecular weight is 243 g/mol. The highest BCUT2D eigenvalue weighted by atomic mass is 35.5. The van der Waals surface area contributed by atoms with Gasteiger partial charge < -0.3 is 10.1 Å². The fourth-order valence-corrected chi connectivity index (χ4v) is 1.26. The van der Waals surface area contributed by atoms with E-state index in [0.717, 1.165) is 5.82 Å². The summed E-state index contributed by atoms with van der Waals surface area (Å²) in [6.07, 6.45) is 0. The van der Waals surface area contributed by atoms with Gasteiger partial charge in [0.1, 0.15) is 5.82 Å². The summed E-state index contributed by atoms with van der Waals surface area (Å²) in [5.41, 5.74) is 0. The van der Waals surface area contributed by atoms with Crippen LogP contribution in [0.25, 0.3) is 0 Å². The van der Waals surface area contributed by atoms with E-state index in [-0.39, 0.29) is 5.38 Å². The van der Waals surface area contributed by atoms with Crippen LogP contribution in [-0.4, -0.2) is 23.5 Å². The van der Waals surface area contributed by atoms with Crippen LogP contribution in [0.3, 0.4) is 0 Å². The Morgan fingerprint density at radius 2 is 2.19 bits per heavy atom. The zero-order valence-electron chi connectivity index (χ0n) is 10.0. The predicted octanol–water partition coefficient (Wildman–Crippen LogP) is 3.16. The van der Waals surface area contributed by atoms with Gasteiger partial charge in [0.2, 0.25) is 5.88 Å². The zero-order chi connectivity index (χ0) is 12.0. The number of hydrogen-bond donors (Lipinski definition) is 1. The third-order valence-electron chi connectivity index (χ3n) is 2.22. The van der Waals surface area contributed by atoms with Gasteiger partial charge in [0.25, 0.3) is 0 Å². The molecule has 4 heteroatoms. The van der Waals surface area contributed by atoms with Gasteiger partial charge in [0, 0.05) is 12.6 Å². The Labute approximate surface area is 102 Å². The number of hydrogen-bond acceptors (Lipinski definition) is 3. The van der Waals surface area contributed by atoms with Crippen LogP contribution >= 0.6 is 11.6 Å². The van der Waals surface area contributed by atoms with Gasteiger partial charge in [-0.05, 0) is 18.9 Å².